The van der Waals surface area contributed by atoms with Crippen molar-refractivity contribution in [1.29, 1.82) is 0 Å². The molecular weight excluding hydrogens is 794 g/mol. The number of benzene rings is 4. The Hall–Kier alpha value is -5.97. The molecule has 0 radical (unpaired) electrons. The first-order chi connectivity index (χ1) is 26.7. The van der Waals surface area contributed by atoms with Gasteiger partial charge in [-0.1, -0.05) is 24.3 Å². The van der Waals surface area contributed by atoms with Gasteiger partial charge in [0, 0.05) is 58.2 Å². The second kappa shape index (κ2) is 15.5. The summed E-state index contributed by atoms with van der Waals surface area (Å²) in [4.78, 5) is 7.83. The van der Waals surface area contributed by atoms with Crippen LogP contribution in [0.25, 0.3) is 44.5 Å². The lowest BCUT2D eigenvalue weighted by atomic mass is 9.94. The van der Waals surface area contributed by atoms with Crippen LogP contribution in [0.5, 0.6) is 11.5 Å². The average Bonchev–Trinajstić information content (AvgIpc) is 3.12. The lowest BCUT2D eigenvalue weighted by Crippen LogP contribution is -2.17. The van der Waals surface area contributed by atoms with Gasteiger partial charge in [-0.25, -0.2) is 26.0 Å². The van der Waals surface area contributed by atoms with Crippen LogP contribution in [-0.4, -0.2) is 31.1 Å². The third-order valence-corrected chi connectivity index (χ3v) is 10.2. The molecule has 2 heterocycles. The van der Waals surface area contributed by atoms with E-state index in [1.165, 1.54) is 62.6 Å². The number of halogens is 10. The highest BCUT2D eigenvalue weighted by Gasteiger charge is 2.33. The van der Waals surface area contributed by atoms with Crippen LogP contribution >= 0.6 is 0 Å². The Morgan fingerprint density at radius 1 is 0.509 bits per heavy atom. The predicted molar refractivity (Wildman–Crippen MR) is 189 cm³/mol. The van der Waals surface area contributed by atoms with Crippen molar-refractivity contribution in [2.75, 3.05) is 0 Å². The van der Waals surface area contributed by atoms with Crippen LogP contribution in [0.1, 0.15) is 22.3 Å². The molecule has 0 amide bonds. The van der Waals surface area contributed by atoms with E-state index < -0.39 is 91.1 Å². The van der Waals surface area contributed by atoms with Crippen LogP contribution in [0.15, 0.2) is 97.6 Å². The van der Waals surface area contributed by atoms with Crippen molar-refractivity contribution >= 4 is 9.84 Å². The molecule has 0 saturated heterocycles. The monoisotopic (exact) mass is 820 g/mol. The molecule has 6 aromatic rings. The minimum Gasteiger partial charge on any atom is -0.405 e. The molecular formula is C40H26F10N2O4S. The Balaban J connectivity index is 1.26. The summed E-state index contributed by atoms with van der Waals surface area (Å²) in [5.74, 6) is -7.96. The first kappa shape index (κ1) is 40.7. The van der Waals surface area contributed by atoms with E-state index in [4.69, 9.17) is 0 Å². The van der Waals surface area contributed by atoms with E-state index in [1.807, 2.05) is 0 Å². The van der Waals surface area contributed by atoms with Gasteiger partial charge in [0.25, 0.3) is 0 Å². The predicted octanol–water partition coefficient (Wildman–Crippen LogP) is 11.2. The molecule has 17 heteroatoms. The Labute approximate surface area is 318 Å². The topological polar surface area (TPSA) is 78.4 Å². The Morgan fingerprint density at radius 3 is 1.26 bits per heavy atom. The van der Waals surface area contributed by atoms with Gasteiger partial charge < -0.3 is 9.47 Å². The highest BCUT2D eigenvalue weighted by atomic mass is 32.2. The minimum absolute atomic E-state index is 0.0445. The van der Waals surface area contributed by atoms with Crippen LogP contribution in [0.4, 0.5) is 43.9 Å². The number of hydrogen-bond acceptors (Lipinski definition) is 6. The zero-order valence-corrected chi connectivity index (χ0v) is 30.2. The van der Waals surface area contributed by atoms with Crippen molar-refractivity contribution in [3.8, 4) is 56.0 Å². The van der Waals surface area contributed by atoms with Crippen molar-refractivity contribution in [2.24, 2.45) is 0 Å². The normalized spacial score (nSPS) is 12.1. The first-order valence-electron chi connectivity index (χ1n) is 16.5. The lowest BCUT2D eigenvalue weighted by Gasteiger charge is -2.16. The Morgan fingerprint density at radius 2 is 0.895 bits per heavy atom. The largest absolute Gasteiger partial charge is 0.573 e. The van der Waals surface area contributed by atoms with E-state index in [2.05, 4.69) is 19.4 Å². The Bertz CT molecular complexity index is 2440. The minimum atomic E-state index is -5.00. The summed E-state index contributed by atoms with van der Waals surface area (Å²) in [6, 6.07) is 13.0. The molecule has 0 spiro atoms. The second-order valence-corrected chi connectivity index (χ2v) is 14.8. The van der Waals surface area contributed by atoms with Gasteiger partial charge in [0.05, 0.1) is 11.5 Å². The molecule has 0 aliphatic carbocycles. The smallest absolute Gasteiger partial charge is 0.405 e. The number of ether oxygens (including phenoxy) is 2. The number of sulfone groups is 1. The summed E-state index contributed by atoms with van der Waals surface area (Å²) in [7, 11) is -4.52. The third kappa shape index (κ3) is 9.53. The van der Waals surface area contributed by atoms with Crippen LogP contribution in [0, 0.1) is 37.1 Å². The number of nitrogens with zero attached hydrogens (tertiary/aromatic N) is 2. The van der Waals surface area contributed by atoms with Gasteiger partial charge in [-0.05, 0) is 95.8 Å². The zero-order chi connectivity index (χ0) is 41.4. The van der Waals surface area contributed by atoms with Crippen LogP contribution in [0.2, 0.25) is 0 Å². The number of alkyl halides is 6. The number of aromatic nitrogens is 2. The second-order valence-electron chi connectivity index (χ2n) is 12.8. The molecule has 0 atom stereocenters. The molecule has 6 rings (SSSR count). The van der Waals surface area contributed by atoms with Gasteiger partial charge in [-0.3, -0.25) is 9.97 Å². The summed E-state index contributed by atoms with van der Waals surface area (Å²) in [6.07, 6.45) is -5.16. The van der Waals surface area contributed by atoms with Crippen molar-refractivity contribution in [2.45, 2.75) is 38.1 Å². The molecule has 6 nitrogen and oxygen atoms in total. The maximum Gasteiger partial charge on any atom is 0.573 e. The van der Waals surface area contributed by atoms with Gasteiger partial charge in [-0.2, -0.15) is 0 Å². The van der Waals surface area contributed by atoms with Crippen LogP contribution < -0.4 is 9.47 Å². The number of rotatable bonds is 10. The highest BCUT2D eigenvalue weighted by molar-refractivity contribution is 7.89. The summed E-state index contributed by atoms with van der Waals surface area (Å²) in [5, 5.41) is 0. The summed E-state index contributed by atoms with van der Waals surface area (Å²) >= 11 is 0. The van der Waals surface area contributed by atoms with Crippen molar-refractivity contribution < 1.29 is 61.8 Å². The standard InChI is InChI=1S/C40H26F10N2O4S/c1-21-3-5-23(13-37(21)55-39(45,46)47)27-7-9-51-17-31(27)29-15-33(41)25(11-35(29)43)19-57(53,54)20-26-12-36(44)30(16-34(26)42)32-18-52-10-8-28(32)24-6-4-22(2)38(14-24)56-40(48,49)50/h3-18H,19-20H2,1-2H3. The van der Waals surface area contributed by atoms with Crippen molar-refractivity contribution in [1.82, 2.24) is 9.97 Å². The zero-order valence-electron chi connectivity index (χ0n) is 29.4. The fourth-order valence-corrected chi connectivity index (χ4v) is 7.55. The van der Waals surface area contributed by atoms with Gasteiger partial charge >= 0.3 is 12.7 Å². The third-order valence-electron chi connectivity index (χ3n) is 8.70. The Kier molecular flexibility index (Phi) is 11.1. The van der Waals surface area contributed by atoms with E-state index in [0.717, 1.165) is 24.5 Å². The van der Waals surface area contributed by atoms with E-state index in [9.17, 15) is 34.8 Å². The summed E-state index contributed by atoms with van der Waals surface area (Å²) in [6.45, 7) is 2.76. The summed E-state index contributed by atoms with van der Waals surface area (Å²) in [5.41, 5.74) is -1.32. The molecule has 0 N–H and O–H groups in total. The van der Waals surface area contributed by atoms with Gasteiger partial charge in [0.15, 0.2) is 9.84 Å². The SMILES string of the molecule is Cc1ccc(-c2ccncc2-c2cc(F)c(CS(=O)(=O)Cc3cc(F)c(-c4cnccc4-c4ccc(C)c(OC(F)(F)F)c4)cc3F)cc2F)cc1OC(F)(F)F. The molecule has 0 bridgehead atoms. The lowest BCUT2D eigenvalue weighted by molar-refractivity contribution is -0.275. The van der Waals surface area contributed by atoms with E-state index >= 15 is 17.6 Å². The molecule has 4 aromatic carbocycles. The molecule has 0 aliphatic rings. The molecule has 0 saturated carbocycles. The van der Waals surface area contributed by atoms with Crippen molar-refractivity contribution in [3.05, 3.63) is 143 Å². The van der Waals surface area contributed by atoms with E-state index in [-0.39, 0.29) is 44.5 Å². The summed E-state index contributed by atoms with van der Waals surface area (Å²) < 4.78 is 175. The van der Waals surface area contributed by atoms with E-state index in [0.29, 0.717) is 24.3 Å². The number of hydrogen-bond donors (Lipinski definition) is 0. The van der Waals surface area contributed by atoms with Gasteiger partial charge in [0.1, 0.15) is 34.8 Å². The number of pyridine rings is 2. The average molecular weight is 821 g/mol. The molecule has 0 unspecified atom stereocenters. The fourth-order valence-electron chi connectivity index (χ4n) is 6.06. The maximum atomic E-state index is 15.6. The van der Waals surface area contributed by atoms with Gasteiger partial charge in [0.2, 0.25) is 0 Å². The van der Waals surface area contributed by atoms with Crippen LogP contribution in [-0.2, 0) is 21.3 Å². The van der Waals surface area contributed by atoms with E-state index in [1.54, 1.807) is 0 Å². The molecule has 0 aliphatic heterocycles. The molecule has 2 aromatic heterocycles. The van der Waals surface area contributed by atoms with Crippen LogP contribution in [0.3, 0.4) is 0 Å². The molecule has 57 heavy (non-hydrogen) atoms. The maximum absolute atomic E-state index is 15.6. The fraction of sp³-hybridized carbons (Fsp3) is 0.150. The molecule has 296 valence electrons. The number of aryl methyl sites for hydroxylation is 2. The quantitative estimate of drug-likeness (QED) is 0.128. The molecule has 0 fully saturated rings. The van der Waals surface area contributed by atoms with Gasteiger partial charge in [-0.15, -0.1) is 26.3 Å². The van der Waals surface area contributed by atoms with Crippen molar-refractivity contribution in [3.63, 3.8) is 0 Å². The first-order valence-corrected chi connectivity index (χ1v) is 18.3. The highest BCUT2D eigenvalue weighted by Crippen LogP contribution is 2.39.